The molecule has 1 aliphatic carbocycles. The molecular formula is C18H15Cl2N3O6S. The lowest BCUT2D eigenvalue weighted by Gasteiger charge is -2.12. The van der Waals surface area contributed by atoms with Gasteiger partial charge in [0.2, 0.25) is 16.8 Å². The van der Waals surface area contributed by atoms with E-state index < -0.39 is 21.8 Å². The molecule has 4 rings (SSSR count). The van der Waals surface area contributed by atoms with Crippen LogP contribution in [-0.4, -0.2) is 33.1 Å². The molecular weight excluding hydrogens is 457 g/mol. The van der Waals surface area contributed by atoms with Crippen LogP contribution >= 0.6 is 23.2 Å². The van der Waals surface area contributed by atoms with Crippen LogP contribution in [0.15, 0.2) is 35.2 Å². The fourth-order valence-electron chi connectivity index (χ4n) is 2.68. The molecule has 158 valence electrons. The highest BCUT2D eigenvalue weighted by atomic mass is 35.5. The Bertz CT molecular complexity index is 1150. The van der Waals surface area contributed by atoms with Crippen molar-refractivity contribution in [3.05, 3.63) is 51.5 Å². The Hall–Kier alpha value is -2.53. The van der Waals surface area contributed by atoms with Crippen molar-refractivity contribution in [3.63, 3.8) is 0 Å². The number of hydrogen-bond donors (Lipinski definition) is 3. The van der Waals surface area contributed by atoms with Gasteiger partial charge >= 0.3 is 0 Å². The average Bonchev–Trinajstić information content (AvgIpc) is 3.36. The number of carbonyl (C=O) groups is 2. The first-order chi connectivity index (χ1) is 14.2. The number of nitrogens with one attached hydrogen (secondary N) is 3. The molecule has 1 fully saturated rings. The SMILES string of the molecule is O=C(NNC(=O)c1cc(S(=O)(=O)NC2CC2)c(Cl)cc1Cl)c1ccc2c(c1)OCO2. The summed E-state index contributed by atoms with van der Waals surface area (Å²) in [6.07, 6.45) is 1.48. The smallest absolute Gasteiger partial charge is 0.271 e. The van der Waals surface area contributed by atoms with Crippen LogP contribution in [0.25, 0.3) is 0 Å². The van der Waals surface area contributed by atoms with Crippen LogP contribution in [0.3, 0.4) is 0 Å². The Kier molecular flexibility index (Phi) is 5.49. The van der Waals surface area contributed by atoms with E-state index in [1.807, 2.05) is 0 Å². The molecule has 2 aliphatic rings. The summed E-state index contributed by atoms with van der Waals surface area (Å²) in [6, 6.07) is 6.63. The van der Waals surface area contributed by atoms with E-state index >= 15 is 0 Å². The molecule has 0 spiro atoms. The maximum atomic E-state index is 12.5. The second-order valence-electron chi connectivity index (χ2n) is 6.63. The van der Waals surface area contributed by atoms with Gasteiger partial charge in [-0.15, -0.1) is 0 Å². The summed E-state index contributed by atoms with van der Waals surface area (Å²) < 4.78 is 37.8. The van der Waals surface area contributed by atoms with E-state index in [9.17, 15) is 18.0 Å². The number of ether oxygens (including phenoxy) is 2. The summed E-state index contributed by atoms with van der Waals surface area (Å²) in [7, 11) is -3.91. The topological polar surface area (TPSA) is 123 Å². The van der Waals surface area contributed by atoms with Gasteiger partial charge in [0.1, 0.15) is 4.90 Å². The molecule has 0 bridgehead atoms. The number of fused-ring (bicyclic) bond motifs is 1. The molecule has 1 aliphatic heterocycles. The van der Waals surface area contributed by atoms with E-state index in [0.29, 0.717) is 11.5 Å². The number of amides is 2. The highest BCUT2D eigenvalue weighted by Crippen LogP contribution is 2.33. The zero-order valence-electron chi connectivity index (χ0n) is 15.2. The Balaban J connectivity index is 1.49. The van der Waals surface area contributed by atoms with Crippen LogP contribution < -0.4 is 25.0 Å². The summed E-state index contributed by atoms with van der Waals surface area (Å²) in [5.41, 5.74) is 4.50. The van der Waals surface area contributed by atoms with Crippen LogP contribution in [0.4, 0.5) is 0 Å². The largest absolute Gasteiger partial charge is 0.454 e. The van der Waals surface area contributed by atoms with Crippen molar-refractivity contribution in [1.82, 2.24) is 15.6 Å². The van der Waals surface area contributed by atoms with Crippen molar-refractivity contribution in [2.75, 3.05) is 6.79 Å². The minimum Gasteiger partial charge on any atom is -0.454 e. The van der Waals surface area contributed by atoms with Crippen molar-refractivity contribution in [2.45, 2.75) is 23.8 Å². The lowest BCUT2D eigenvalue weighted by Crippen LogP contribution is -2.41. The van der Waals surface area contributed by atoms with Gasteiger partial charge < -0.3 is 9.47 Å². The molecule has 3 N–H and O–H groups in total. The molecule has 1 saturated carbocycles. The fraction of sp³-hybridized carbons (Fsp3) is 0.222. The number of sulfonamides is 1. The van der Waals surface area contributed by atoms with Crippen molar-refractivity contribution in [2.24, 2.45) is 0 Å². The average molecular weight is 472 g/mol. The molecule has 2 aromatic carbocycles. The van der Waals surface area contributed by atoms with Crippen LogP contribution in [-0.2, 0) is 10.0 Å². The van der Waals surface area contributed by atoms with Crippen molar-refractivity contribution >= 4 is 45.0 Å². The fourth-order valence-corrected chi connectivity index (χ4v) is 4.85. The quantitative estimate of drug-likeness (QED) is 0.574. The molecule has 0 radical (unpaired) electrons. The lowest BCUT2D eigenvalue weighted by molar-refractivity contribution is 0.0846. The summed E-state index contributed by atoms with van der Waals surface area (Å²) in [6.45, 7) is 0.0626. The number of carbonyl (C=O) groups excluding carboxylic acids is 2. The third kappa shape index (κ3) is 4.31. The second kappa shape index (κ2) is 7.95. The van der Waals surface area contributed by atoms with Gasteiger partial charge in [0.05, 0.1) is 15.6 Å². The Morgan fingerprint density at radius 1 is 0.933 bits per heavy atom. The maximum absolute atomic E-state index is 12.5. The minimum absolute atomic E-state index is 0.0626. The van der Waals surface area contributed by atoms with Gasteiger partial charge in [-0.25, -0.2) is 13.1 Å². The van der Waals surface area contributed by atoms with Gasteiger partial charge in [-0.05, 0) is 43.2 Å². The highest BCUT2D eigenvalue weighted by Gasteiger charge is 2.30. The molecule has 0 saturated heterocycles. The van der Waals surface area contributed by atoms with Gasteiger partial charge in [-0.1, -0.05) is 23.2 Å². The van der Waals surface area contributed by atoms with Crippen molar-refractivity contribution in [3.8, 4) is 11.5 Å². The summed E-state index contributed by atoms with van der Waals surface area (Å²) in [5.74, 6) is -0.506. The van der Waals surface area contributed by atoms with Gasteiger partial charge in [0, 0.05) is 11.6 Å². The van der Waals surface area contributed by atoms with E-state index in [-0.39, 0.29) is 38.9 Å². The predicted molar refractivity (Wildman–Crippen MR) is 107 cm³/mol. The second-order valence-corrected chi connectivity index (χ2v) is 9.13. The van der Waals surface area contributed by atoms with E-state index in [0.717, 1.165) is 18.9 Å². The molecule has 1 heterocycles. The first kappa shape index (κ1) is 20.7. The first-order valence-corrected chi connectivity index (χ1v) is 11.0. The van der Waals surface area contributed by atoms with E-state index in [1.165, 1.54) is 18.2 Å². The van der Waals surface area contributed by atoms with E-state index in [2.05, 4.69) is 15.6 Å². The summed E-state index contributed by atoms with van der Waals surface area (Å²) >= 11 is 12.1. The van der Waals surface area contributed by atoms with Gasteiger partial charge in [0.15, 0.2) is 11.5 Å². The van der Waals surface area contributed by atoms with E-state index in [4.69, 9.17) is 32.7 Å². The molecule has 2 amide bonds. The standard InChI is InChI=1S/C18H15Cl2N3O6S/c19-12-7-13(20)16(30(26,27)23-10-2-3-10)6-11(12)18(25)22-21-17(24)9-1-4-14-15(5-9)29-8-28-14/h1,4-7,10,23H,2-3,8H2,(H,21,24)(H,22,25). The van der Waals surface area contributed by atoms with Crippen LogP contribution in [0.2, 0.25) is 10.0 Å². The van der Waals surface area contributed by atoms with Crippen molar-refractivity contribution in [1.29, 1.82) is 0 Å². The van der Waals surface area contributed by atoms with Gasteiger partial charge in [0.25, 0.3) is 11.8 Å². The zero-order chi connectivity index (χ0) is 21.5. The molecule has 0 unspecified atom stereocenters. The third-order valence-corrected chi connectivity index (χ3v) is 6.68. The number of rotatable bonds is 5. The van der Waals surface area contributed by atoms with E-state index in [1.54, 1.807) is 6.07 Å². The Morgan fingerprint density at radius 2 is 1.63 bits per heavy atom. The lowest BCUT2D eigenvalue weighted by atomic mass is 10.2. The van der Waals surface area contributed by atoms with Crippen LogP contribution in [0, 0.1) is 0 Å². The number of halogens is 2. The highest BCUT2D eigenvalue weighted by molar-refractivity contribution is 7.89. The molecule has 0 atom stereocenters. The Labute approximate surface area is 181 Å². The van der Waals surface area contributed by atoms with Crippen molar-refractivity contribution < 1.29 is 27.5 Å². The minimum atomic E-state index is -3.91. The van der Waals surface area contributed by atoms with Crippen LogP contribution in [0.5, 0.6) is 11.5 Å². The molecule has 12 heteroatoms. The number of hydrogen-bond acceptors (Lipinski definition) is 6. The predicted octanol–water partition coefficient (Wildman–Crippen LogP) is 2.24. The third-order valence-electron chi connectivity index (χ3n) is 4.38. The molecule has 2 aromatic rings. The Morgan fingerprint density at radius 3 is 2.37 bits per heavy atom. The first-order valence-electron chi connectivity index (χ1n) is 8.76. The van der Waals surface area contributed by atoms with Crippen LogP contribution in [0.1, 0.15) is 33.6 Å². The number of hydrazine groups is 1. The monoisotopic (exact) mass is 471 g/mol. The molecule has 0 aromatic heterocycles. The zero-order valence-corrected chi connectivity index (χ0v) is 17.5. The van der Waals surface area contributed by atoms with Gasteiger partial charge in [-0.2, -0.15) is 0 Å². The number of benzene rings is 2. The maximum Gasteiger partial charge on any atom is 0.271 e. The summed E-state index contributed by atoms with van der Waals surface area (Å²) in [5, 5.41) is -0.186. The molecule has 30 heavy (non-hydrogen) atoms. The van der Waals surface area contributed by atoms with Gasteiger partial charge in [-0.3, -0.25) is 20.4 Å². The molecule has 9 nitrogen and oxygen atoms in total. The normalized spacial score (nSPS) is 15.0. The summed E-state index contributed by atoms with van der Waals surface area (Å²) in [4.78, 5) is 24.5.